The van der Waals surface area contributed by atoms with E-state index in [9.17, 15) is 12.3 Å². The summed E-state index contributed by atoms with van der Waals surface area (Å²) in [5.74, 6) is 4.64. The summed E-state index contributed by atoms with van der Waals surface area (Å²) in [6, 6.07) is 0. The highest BCUT2D eigenvalue weighted by Crippen LogP contribution is 2.32. The van der Waals surface area contributed by atoms with Gasteiger partial charge in [-0.15, -0.1) is 5.53 Å². The fourth-order valence-electron chi connectivity index (χ4n) is 0.158. The topological polar surface area (TPSA) is 119 Å². The van der Waals surface area contributed by atoms with Gasteiger partial charge >= 0.3 is 19.0 Å². The van der Waals surface area contributed by atoms with Gasteiger partial charge in [0.1, 0.15) is 0 Å². The molecule has 0 spiro atoms. The van der Waals surface area contributed by atoms with E-state index in [0.29, 0.717) is 0 Å². The van der Waals surface area contributed by atoms with Crippen LogP contribution >= 0.6 is 8.45 Å². The first-order valence-corrected chi connectivity index (χ1v) is 4.33. The van der Waals surface area contributed by atoms with Gasteiger partial charge < -0.3 is 0 Å². The number of nitrogens with two attached hydrogens (primary N) is 2. The molecule has 0 aliphatic carbocycles. The van der Waals surface area contributed by atoms with Gasteiger partial charge in [-0.1, -0.05) is 3.89 Å². The number of hydrogen-bond donors (Lipinski definition) is 3. The molecule has 0 rings (SSSR count). The molecule has 0 aromatic carbocycles. The summed E-state index contributed by atoms with van der Waals surface area (Å²) < 4.78 is 34.5. The molecule has 7 nitrogen and oxygen atoms in total. The van der Waals surface area contributed by atoms with Crippen LogP contribution in [-0.4, -0.2) is 8.42 Å². The Morgan fingerprint density at radius 1 is 1.80 bits per heavy atom. The Labute approximate surface area is 57.6 Å². The Balaban J connectivity index is 4.00. The average molecular weight is 191 g/mol. The Morgan fingerprint density at radius 3 is 2.40 bits per heavy atom. The highest BCUT2D eigenvalue weighted by Gasteiger charge is 2.19. The zero-order valence-corrected chi connectivity index (χ0v) is 6.27. The molecule has 60 valence electrons. The molecule has 0 radical (unpaired) electrons. The van der Waals surface area contributed by atoms with E-state index in [-0.39, 0.29) is 0 Å². The van der Waals surface area contributed by atoms with Gasteiger partial charge in [-0.3, -0.25) is 5.84 Å². The summed E-state index contributed by atoms with van der Waals surface area (Å²) in [6.07, 6.45) is 0. The predicted molar refractivity (Wildman–Crippen MR) is 29.7 cm³/mol. The number of hydrogen-bond acceptors (Lipinski definition) is 6. The van der Waals surface area contributed by atoms with Crippen LogP contribution < -0.4 is 16.6 Å². The summed E-state index contributed by atoms with van der Waals surface area (Å²) in [6.45, 7) is 0. The Hall–Kier alpha value is -0.210. The molecule has 1 unspecified atom stereocenters. The van der Waals surface area contributed by atoms with Crippen molar-refractivity contribution in [2.24, 2.45) is 10.7 Å². The first kappa shape index (κ1) is 9.79. The molecule has 0 saturated heterocycles. The molecule has 0 aromatic heterocycles. The van der Waals surface area contributed by atoms with E-state index >= 15 is 0 Å². The monoisotopic (exact) mass is 191 g/mol. The standard InChI is InChI=1S/FH4N4O3PS/c1-10(6,7)8-9(4-2)5-3/h2,5H,3H2/p+1. The zero-order chi connectivity index (χ0) is 8.20. The molecule has 0 aliphatic heterocycles. The highest BCUT2D eigenvalue weighted by atomic mass is 32.3. The second-order valence-electron chi connectivity index (χ2n) is 0.985. The van der Waals surface area contributed by atoms with Gasteiger partial charge in [0, 0.05) is 4.88 Å². The molecule has 0 aromatic rings. The van der Waals surface area contributed by atoms with Crippen molar-refractivity contribution in [1.29, 1.82) is 0 Å². The van der Waals surface area contributed by atoms with Gasteiger partial charge in [-0.05, 0) is 0 Å². The average Bonchev–Trinajstić information content (AvgIpc) is 1.81. The van der Waals surface area contributed by atoms with Crippen LogP contribution in [0.25, 0.3) is 0 Å². The van der Waals surface area contributed by atoms with Crippen LogP contribution in [-0.2, 0) is 14.5 Å². The molecular weight excluding hydrogens is 186 g/mol. The molecule has 10 heteroatoms. The summed E-state index contributed by atoms with van der Waals surface area (Å²) in [5, 5.41) is 1.74. The first-order chi connectivity index (χ1) is 4.49. The minimum absolute atomic E-state index is 1.74. The third-order valence-corrected chi connectivity index (χ3v) is 2.08. The number of rotatable bonds is 4. The largest absolute Gasteiger partial charge is 0.443 e. The van der Waals surface area contributed by atoms with Crippen molar-refractivity contribution in [2.45, 2.75) is 0 Å². The third kappa shape index (κ3) is 4.65. The van der Waals surface area contributed by atoms with Crippen LogP contribution in [0.5, 0.6) is 0 Å². The second-order valence-corrected chi connectivity index (χ2v) is 3.40. The number of nitrogens with zero attached hydrogens (tertiary/aromatic N) is 1. The van der Waals surface area contributed by atoms with Crippen molar-refractivity contribution in [2.75, 3.05) is 0 Å². The molecule has 0 heterocycles. The van der Waals surface area contributed by atoms with Gasteiger partial charge in [0.05, 0.1) is 0 Å². The fourth-order valence-corrected chi connectivity index (χ4v) is 1.23. The van der Waals surface area contributed by atoms with Crippen molar-refractivity contribution in [3.8, 4) is 0 Å². The van der Waals surface area contributed by atoms with Crippen LogP contribution in [0.3, 0.4) is 0 Å². The van der Waals surface area contributed by atoms with Crippen LogP contribution in [0.15, 0.2) is 4.88 Å². The van der Waals surface area contributed by atoms with E-state index < -0.39 is 19.0 Å². The van der Waals surface area contributed by atoms with Crippen molar-refractivity contribution in [3.05, 3.63) is 0 Å². The molecule has 5 N–H and O–H groups in total. The Bertz CT molecular complexity index is 201. The van der Waals surface area contributed by atoms with Gasteiger partial charge in [0.25, 0.3) is 0 Å². The SMILES string of the molecule is NNP(N=[NH2+])OS(=O)(=O)F. The predicted octanol–water partition coefficient (Wildman–Crippen LogP) is -1.88. The van der Waals surface area contributed by atoms with E-state index in [2.05, 4.69) is 20.2 Å². The van der Waals surface area contributed by atoms with Gasteiger partial charge in [-0.2, -0.15) is 17.6 Å². The molecule has 0 saturated carbocycles. The van der Waals surface area contributed by atoms with E-state index in [1.165, 1.54) is 0 Å². The van der Waals surface area contributed by atoms with Crippen molar-refractivity contribution < 1.29 is 21.8 Å². The fraction of sp³-hybridized carbons (Fsp3) is 0. The van der Waals surface area contributed by atoms with E-state index in [1.54, 1.807) is 5.20 Å². The van der Waals surface area contributed by atoms with Gasteiger partial charge in [0.2, 0.25) is 0 Å². The van der Waals surface area contributed by atoms with E-state index in [4.69, 9.17) is 0 Å². The lowest BCUT2D eigenvalue weighted by atomic mass is 13.0. The van der Waals surface area contributed by atoms with E-state index in [0.717, 1.165) is 0 Å². The maximum Gasteiger partial charge on any atom is 0.443 e. The minimum Gasteiger partial charge on any atom is -0.264 e. The molecule has 0 bridgehead atoms. The van der Waals surface area contributed by atoms with E-state index in [1.807, 2.05) is 0 Å². The highest BCUT2D eigenvalue weighted by molar-refractivity contribution is 7.86. The number of halogens is 1. The zero-order valence-electron chi connectivity index (χ0n) is 4.56. The lowest BCUT2D eigenvalue weighted by Crippen LogP contribution is -2.27. The van der Waals surface area contributed by atoms with Gasteiger partial charge in [0.15, 0.2) is 0 Å². The van der Waals surface area contributed by atoms with Crippen molar-refractivity contribution >= 4 is 19.0 Å². The lowest BCUT2D eigenvalue weighted by molar-refractivity contribution is -0.204. The maximum absolute atomic E-state index is 11.6. The summed E-state index contributed by atoms with van der Waals surface area (Å²) >= 11 is 0. The normalized spacial score (nSPS) is 14.6. The van der Waals surface area contributed by atoms with Crippen molar-refractivity contribution in [3.63, 3.8) is 0 Å². The summed E-state index contributed by atoms with van der Waals surface area (Å²) in [5.41, 5.74) is 4.55. The Morgan fingerprint density at radius 2 is 2.30 bits per heavy atom. The van der Waals surface area contributed by atoms with Crippen molar-refractivity contribution in [1.82, 2.24) is 5.20 Å². The van der Waals surface area contributed by atoms with Crippen LogP contribution in [0.1, 0.15) is 0 Å². The molecule has 0 aliphatic rings. The minimum atomic E-state index is -5.03. The van der Waals surface area contributed by atoms with Gasteiger partial charge in [-0.25, -0.2) is 0 Å². The lowest BCUT2D eigenvalue weighted by Gasteiger charge is -1.99. The molecule has 0 fully saturated rings. The van der Waals surface area contributed by atoms with Crippen LogP contribution in [0, 0.1) is 0 Å². The van der Waals surface area contributed by atoms with Crippen LogP contribution in [0.2, 0.25) is 0 Å². The molecule has 1 atom stereocenters. The maximum atomic E-state index is 11.6. The summed E-state index contributed by atoms with van der Waals surface area (Å²) in [4.78, 5) is 2.78. The smallest absolute Gasteiger partial charge is 0.264 e. The van der Waals surface area contributed by atoms with Crippen LogP contribution in [0.4, 0.5) is 3.89 Å². The molecule has 0 amide bonds. The third-order valence-electron chi connectivity index (χ3n) is 0.375. The second kappa shape index (κ2) is 3.84. The molecule has 10 heavy (non-hydrogen) atoms. The number of nitrogens with one attached hydrogen (secondary N) is 1. The number of hydrazine groups is 1. The first-order valence-electron chi connectivity index (χ1n) is 1.81. The summed E-state index contributed by atoms with van der Waals surface area (Å²) in [7, 11) is -7.21. The Kier molecular flexibility index (Phi) is 3.76. The molecular formula is H5FN4O3PS+. The quantitative estimate of drug-likeness (QED) is 0.158.